The van der Waals surface area contributed by atoms with Crippen molar-refractivity contribution in [3.63, 3.8) is 0 Å². The Labute approximate surface area is 127 Å². The van der Waals surface area contributed by atoms with Gasteiger partial charge in [0, 0.05) is 24.5 Å². The number of nitrogens with zero attached hydrogens (tertiary/aromatic N) is 2. The molecular weight excluding hydrogens is 266 g/mol. The monoisotopic (exact) mass is 295 g/mol. The van der Waals surface area contributed by atoms with Gasteiger partial charge in [-0.1, -0.05) is 27.7 Å². The molecule has 4 heteroatoms. The predicted octanol–water partition coefficient (Wildman–Crippen LogP) is 3.82. The largest absolute Gasteiger partial charge is 0.348 e. The van der Waals surface area contributed by atoms with Crippen LogP contribution in [-0.4, -0.2) is 24.6 Å². The summed E-state index contributed by atoms with van der Waals surface area (Å²) in [6.45, 7) is 15.7. The van der Waals surface area contributed by atoms with E-state index in [1.165, 1.54) is 28.5 Å². The molecule has 0 atom stereocenters. The van der Waals surface area contributed by atoms with E-state index in [0.29, 0.717) is 11.3 Å². The van der Waals surface area contributed by atoms with Gasteiger partial charge in [0.05, 0.1) is 5.69 Å². The molecule has 20 heavy (non-hydrogen) atoms. The van der Waals surface area contributed by atoms with Gasteiger partial charge in [0.1, 0.15) is 0 Å². The van der Waals surface area contributed by atoms with Crippen molar-refractivity contribution in [3.8, 4) is 0 Å². The summed E-state index contributed by atoms with van der Waals surface area (Å²) in [5, 5.41) is 4.75. The van der Waals surface area contributed by atoms with Crippen LogP contribution in [0.15, 0.2) is 0 Å². The minimum absolute atomic E-state index is 0.424. The molecule has 0 unspecified atom stereocenters. The van der Waals surface area contributed by atoms with E-state index in [1.807, 2.05) is 11.3 Å². The van der Waals surface area contributed by atoms with Crippen LogP contribution in [-0.2, 0) is 6.54 Å². The van der Waals surface area contributed by atoms with Gasteiger partial charge in [-0.2, -0.15) is 0 Å². The number of aryl methyl sites for hydroxylation is 1. The first-order valence-corrected chi connectivity index (χ1v) is 8.61. The molecule has 0 bridgehead atoms. The van der Waals surface area contributed by atoms with E-state index < -0.39 is 0 Å². The number of thiazole rings is 1. The molecule has 0 amide bonds. The number of rotatable bonds is 5. The fourth-order valence-electron chi connectivity index (χ4n) is 2.77. The summed E-state index contributed by atoms with van der Waals surface area (Å²) in [6, 6.07) is 0. The molecule has 114 valence electrons. The van der Waals surface area contributed by atoms with Crippen LogP contribution in [0.2, 0.25) is 0 Å². The zero-order valence-corrected chi connectivity index (χ0v) is 14.4. The minimum atomic E-state index is 0.424. The lowest BCUT2D eigenvalue weighted by molar-refractivity contribution is 0.293. The van der Waals surface area contributed by atoms with Crippen LogP contribution in [0.1, 0.15) is 51.1 Å². The van der Waals surface area contributed by atoms with Crippen molar-refractivity contribution in [1.82, 2.24) is 10.3 Å². The van der Waals surface area contributed by atoms with Crippen molar-refractivity contribution in [1.29, 1.82) is 0 Å². The highest BCUT2D eigenvalue weighted by molar-refractivity contribution is 7.15. The molecule has 2 heterocycles. The second kappa shape index (κ2) is 6.44. The average Bonchev–Trinajstić information content (AvgIpc) is 2.69. The highest BCUT2D eigenvalue weighted by atomic mass is 32.1. The first-order chi connectivity index (χ1) is 9.37. The van der Waals surface area contributed by atoms with Crippen molar-refractivity contribution >= 4 is 16.5 Å². The lowest BCUT2D eigenvalue weighted by Crippen LogP contribution is -2.40. The lowest BCUT2D eigenvalue weighted by atomic mass is 9.84. The molecule has 3 nitrogen and oxygen atoms in total. The van der Waals surface area contributed by atoms with E-state index in [9.17, 15) is 0 Å². The lowest BCUT2D eigenvalue weighted by Gasteiger charge is -2.37. The van der Waals surface area contributed by atoms with E-state index in [1.54, 1.807) is 0 Å². The summed E-state index contributed by atoms with van der Waals surface area (Å²) in [6.07, 6.45) is 2.61. The van der Waals surface area contributed by atoms with Gasteiger partial charge in [-0.15, -0.1) is 11.3 Å². The van der Waals surface area contributed by atoms with E-state index in [2.05, 4.69) is 44.8 Å². The Morgan fingerprint density at radius 1 is 1.40 bits per heavy atom. The molecule has 1 aliphatic rings. The second-order valence-electron chi connectivity index (χ2n) is 7.22. The van der Waals surface area contributed by atoms with Crippen LogP contribution >= 0.6 is 11.3 Å². The quantitative estimate of drug-likeness (QED) is 0.895. The number of piperidine rings is 1. The first kappa shape index (κ1) is 15.8. The van der Waals surface area contributed by atoms with Crippen LogP contribution in [0.3, 0.4) is 0 Å². The molecule has 0 saturated carbocycles. The molecule has 1 aliphatic heterocycles. The van der Waals surface area contributed by atoms with Crippen molar-refractivity contribution < 1.29 is 0 Å². The third kappa shape index (κ3) is 4.19. The van der Waals surface area contributed by atoms with Crippen LogP contribution < -0.4 is 10.2 Å². The van der Waals surface area contributed by atoms with Gasteiger partial charge < -0.3 is 10.2 Å². The van der Waals surface area contributed by atoms with Gasteiger partial charge in [0.25, 0.3) is 0 Å². The van der Waals surface area contributed by atoms with Gasteiger partial charge in [-0.25, -0.2) is 4.98 Å². The maximum atomic E-state index is 4.80. The SMILES string of the molecule is Cc1nc(N2CCCC(C)(C)C2)sc1CNCC(C)C. The van der Waals surface area contributed by atoms with E-state index in [0.717, 1.165) is 26.2 Å². The van der Waals surface area contributed by atoms with Gasteiger partial charge in [-0.3, -0.25) is 0 Å². The smallest absolute Gasteiger partial charge is 0.185 e. The van der Waals surface area contributed by atoms with Gasteiger partial charge in [-0.05, 0) is 37.6 Å². The summed E-state index contributed by atoms with van der Waals surface area (Å²) in [7, 11) is 0. The molecule has 1 fully saturated rings. The number of hydrogen-bond donors (Lipinski definition) is 1. The summed E-state index contributed by atoms with van der Waals surface area (Å²) in [5.74, 6) is 0.700. The molecule has 0 spiro atoms. The fourth-order valence-corrected chi connectivity index (χ4v) is 3.83. The molecule has 0 aliphatic carbocycles. The maximum Gasteiger partial charge on any atom is 0.185 e. The molecule has 1 aromatic heterocycles. The van der Waals surface area contributed by atoms with E-state index in [4.69, 9.17) is 4.98 Å². The van der Waals surface area contributed by atoms with Gasteiger partial charge >= 0.3 is 0 Å². The summed E-state index contributed by atoms with van der Waals surface area (Å²) >= 11 is 1.87. The Balaban J connectivity index is 1.99. The molecule has 0 radical (unpaired) electrons. The Bertz CT molecular complexity index is 437. The number of nitrogens with one attached hydrogen (secondary N) is 1. The first-order valence-electron chi connectivity index (χ1n) is 7.79. The average molecular weight is 295 g/mol. The maximum absolute atomic E-state index is 4.80. The molecule has 2 rings (SSSR count). The normalized spacial score (nSPS) is 18.8. The van der Waals surface area contributed by atoms with E-state index >= 15 is 0 Å². The number of hydrogen-bond acceptors (Lipinski definition) is 4. The summed E-state index contributed by atoms with van der Waals surface area (Å²) < 4.78 is 0. The summed E-state index contributed by atoms with van der Waals surface area (Å²) in [5.41, 5.74) is 1.62. The number of aromatic nitrogens is 1. The van der Waals surface area contributed by atoms with Crippen molar-refractivity contribution in [2.45, 2.75) is 54.0 Å². The van der Waals surface area contributed by atoms with Crippen LogP contribution in [0.25, 0.3) is 0 Å². The van der Waals surface area contributed by atoms with Gasteiger partial charge in [0.2, 0.25) is 0 Å². The topological polar surface area (TPSA) is 28.2 Å². The summed E-state index contributed by atoms with van der Waals surface area (Å²) in [4.78, 5) is 8.67. The minimum Gasteiger partial charge on any atom is -0.348 e. The third-order valence-corrected chi connectivity index (χ3v) is 5.11. The highest BCUT2D eigenvalue weighted by Gasteiger charge is 2.28. The standard InChI is InChI=1S/C16H29N3S/c1-12(2)9-17-10-14-13(3)18-15(20-14)19-8-6-7-16(4,5)11-19/h12,17H,6-11H2,1-5H3. The van der Waals surface area contributed by atoms with Crippen LogP contribution in [0, 0.1) is 18.3 Å². The van der Waals surface area contributed by atoms with Crippen molar-refractivity contribution in [2.24, 2.45) is 11.3 Å². The van der Waals surface area contributed by atoms with Crippen LogP contribution in [0.4, 0.5) is 5.13 Å². The predicted molar refractivity (Wildman–Crippen MR) is 88.6 cm³/mol. The Morgan fingerprint density at radius 2 is 2.15 bits per heavy atom. The molecule has 0 aromatic carbocycles. The number of anilines is 1. The second-order valence-corrected chi connectivity index (χ2v) is 8.28. The van der Waals surface area contributed by atoms with Gasteiger partial charge in [0.15, 0.2) is 5.13 Å². The Morgan fingerprint density at radius 3 is 2.80 bits per heavy atom. The highest BCUT2D eigenvalue weighted by Crippen LogP contribution is 2.34. The molecular formula is C16H29N3S. The molecule has 1 N–H and O–H groups in total. The zero-order valence-electron chi connectivity index (χ0n) is 13.6. The van der Waals surface area contributed by atoms with Crippen LogP contribution in [0.5, 0.6) is 0 Å². The van der Waals surface area contributed by atoms with E-state index in [-0.39, 0.29) is 0 Å². The third-order valence-electron chi connectivity index (χ3n) is 3.89. The Hall–Kier alpha value is -0.610. The Kier molecular flexibility index (Phi) is 5.08. The zero-order chi connectivity index (χ0) is 14.8. The molecule has 1 aromatic rings. The fraction of sp³-hybridized carbons (Fsp3) is 0.812. The van der Waals surface area contributed by atoms with Crippen molar-refractivity contribution in [3.05, 3.63) is 10.6 Å². The van der Waals surface area contributed by atoms with Crippen molar-refractivity contribution in [2.75, 3.05) is 24.5 Å². The molecule has 1 saturated heterocycles.